The molecular formula is C25H45N3O9. The zero-order valence-electron chi connectivity index (χ0n) is 23.1. The highest BCUT2D eigenvalue weighted by atomic mass is 16.6. The minimum atomic E-state index is -0.815. The lowest BCUT2D eigenvalue weighted by atomic mass is 9.85. The summed E-state index contributed by atoms with van der Waals surface area (Å²) in [6, 6.07) is -1.46. The van der Waals surface area contributed by atoms with Crippen molar-refractivity contribution in [2.75, 3.05) is 59.4 Å². The molecule has 1 heterocycles. The Labute approximate surface area is 219 Å². The molecular weight excluding hydrogens is 486 g/mol. The minimum Gasteiger partial charge on any atom is -0.458 e. The van der Waals surface area contributed by atoms with Gasteiger partial charge in [-0.15, -0.1) is 0 Å². The van der Waals surface area contributed by atoms with E-state index in [1.54, 1.807) is 20.8 Å². The molecule has 3 amide bonds. The molecule has 214 valence electrons. The second kappa shape index (κ2) is 15.9. The van der Waals surface area contributed by atoms with Gasteiger partial charge in [0.25, 0.3) is 0 Å². The van der Waals surface area contributed by atoms with Crippen molar-refractivity contribution in [2.24, 2.45) is 11.1 Å². The van der Waals surface area contributed by atoms with Gasteiger partial charge in [-0.05, 0) is 39.0 Å². The van der Waals surface area contributed by atoms with E-state index in [1.807, 2.05) is 20.8 Å². The lowest BCUT2D eigenvalue weighted by Crippen LogP contribution is -2.57. The number of nitrogens with one attached hydrogen (secondary N) is 1. The first kappa shape index (κ1) is 32.7. The second-order valence-electron chi connectivity index (χ2n) is 10.9. The van der Waals surface area contributed by atoms with Crippen LogP contribution in [-0.2, 0) is 42.9 Å². The average molecular weight is 532 g/mol. The molecule has 0 saturated carbocycles. The van der Waals surface area contributed by atoms with Gasteiger partial charge in [-0.3, -0.25) is 14.4 Å². The van der Waals surface area contributed by atoms with Gasteiger partial charge in [0.05, 0.1) is 39.6 Å². The molecule has 0 aromatic carbocycles. The number of nitrogens with zero attached hydrogens (tertiary/aromatic N) is 1. The molecule has 0 aromatic rings. The third kappa shape index (κ3) is 13.7. The van der Waals surface area contributed by atoms with Crippen LogP contribution in [0.5, 0.6) is 0 Å². The number of carbonyl (C=O) groups excluding carboxylic acids is 4. The first-order valence-corrected chi connectivity index (χ1v) is 12.6. The van der Waals surface area contributed by atoms with Gasteiger partial charge in [0, 0.05) is 6.54 Å². The lowest BCUT2D eigenvalue weighted by Gasteiger charge is -2.35. The third-order valence-corrected chi connectivity index (χ3v) is 5.27. The Bertz CT molecular complexity index is 747. The van der Waals surface area contributed by atoms with E-state index in [0.29, 0.717) is 39.2 Å². The second-order valence-corrected chi connectivity index (χ2v) is 10.9. The van der Waals surface area contributed by atoms with Crippen molar-refractivity contribution in [3.63, 3.8) is 0 Å². The molecule has 0 bridgehead atoms. The summed E-state index contributed by atoms with van der Waals surface area (Å²) in [5, 5.41) is 2.74. The first-order chi connectivity index (χ1) is 17.2. The molecule has 1 aliphatic rings. The summed E-state index contributed by atoms with van der Waals surface area (Å²) < 4.78 is 26.4. The molecule has 0 aliphatic carbocycles. The predicted molar refractivity (Wildman–Crippen MR) is 134 cm³/mol. The van der Waals surface area contributed by atoms with E-state index >= 15 is 0 Å². The number of primary amides is 1. The molecule has 37 heavy (non-hydrogen) atoms. The van der Waals surface area contributed by atoms with E-state index in [4.69, 9.17) is 29.4 Å². The van der Waals surface area contributed by atoms with Gasteiger partial charge in [-0.2, -0.15) is 0 Å². The van der Waals surface area contributed by atoms with Gasteiger partial charge in [0.15, 0.2) is 0 Å². The van der Waals surface area contributed by atoms with Crippen LogP contribution in [0.15, 0.2) is 0 Å². The third-order valence-electron chi connectivity index (χ3n) is 5.27. The molecule has 1 fully saturated rings. The van der Waals surface area contributed by atoms with Crippen LogP contribution in [0.1, 0.15) is 54.4 Å². The number of nitrogens with two attached hydrogens (primary N) is 1. The highest BCUT2D eigenvalue weighted by molar-refractivity contribution is 5.92. The Balaban J connectivity index is 2.17. The predicted octanol–water partition coefficient (Wildman–Crippen LogP) is 0.402. The van der Waals surface area contributed by atoms with Crippen LogP contribution in [-0.4, -0.2) is 106 Å². The SMILES string of the molecule is CC(C)(C)OC(=O)COCCOCCOCCOCC(=O)N[C@H](C(=O)N1CCC[C@H]1C(N)=O)C(C)(C)C. The normalized spacial score (nSPS) is 16.9. The number of likely N-dealkylation sites (tertiary alicyclic amines) is 1. The summed E-state index contributed by atoms with van der Waals surface area (Å²) in [4.78, 5) is 50.1. The Morgan fingerprint density at radius 2 is 1.38 bits per heavy atom. The number of esters is 1. The van der Waals surface area contributed by atoms with Gasteiger partial charge in [0.2, 0.25) is 17.7 Å². The molecule has 12 nitrogen and oxygen atoms in total. The quantitative estimate of drug-likeness (QED) is 0.213. The van der Waals surface area contributed by atoms with E-state index in [0.717, 1.165) is 0 Å². The minimum absolute atomic E-state index is 0.126. The molecule has 12 heteroatoms. The van der Waals surface area contributed by atoms with Gasteiger partial charge in [-0.25, -0.2) is 4.79 Å². The average Bonchev–Trinajstić information content (AvgIpc) is 3.26. The Hall–Kier alpha value is -2.28. The van der Waals surface area contributed by atoms with Crippen molar-refractivity contribution >= 4 is 23.7 Å². The molecule has 1 aliphatic heterocycles. The highest BCUT2D eigenvalue weighted by Gasteiger charge is 2.41. The topological polar surface area (TPSA) is 156 Å². The van der Waals surface area contributed by atoms with Crippen molar-refractivity contribution < 1.29 is 42.9 Å². The number of ether oxygens (including phenoxy) is 5. The van der Waals surface area contributed by atoms with Crippen LogP contribution >= 0.6 is 0 Å². The molecule has 0 unspecified atom stereocenters. The van der Waals surface area contributed by atoms with Gasteiger partial charge in [0.1, 0.15) is 30.9 Å². The number of hydrogen-bond acceptors (Lipinski definition) is 9. The van der Waals surface area contributed by atoms with E-state index in [1.165, 1.54) is 4.90 Å². The van der Waals surface area contributed by atoms with E-state index in [9.17, 15) is 19.2 Å². The Kier molecular flexibility index (Phi) is 14.0. The maximum absolute atomic E-state index is 13.1. The number of carbonyl (C=O) groups is 4. The summed E-state index contributed by atoms with van der Waals surface area (Å²) in [5.74, 6) is -1.71. The molecule has 0 spiro atoms. The molecule has 1 rings (SSSR count). The molecule has 3 N–H and O–H groups in total. The monoisotopic (exact) mass is 531 g/mol. The fourth-order valence-electron chi connectivity index (χ4n) is 3.59. The van der Waals surface area contributed by atoms with Crippen molar-refractivity contribution in [3.05, 3.63) is 0 Å². The molecule has 1 saturated heterocycles. The van der Waals surface area contributed by atoms with Crippen LogP contribution in [0.2, 0.25) is 0 Å². The van der Waals surface area contributed by atoms with E-state index in [-0.39, 0.29) is 38.9 Å². The Morgan fingerprint density at radius 1 is 0.865 bits per heavy atom. The summed E-state index contributed by atoms with van der Waals surface area (Å²) in [6.45, 7) is 12.7. The van der Waals surface area contributed by atoms with E-state index < -0.39 is 40.9 Å². The van der Waals surface area contributed by atoms with Crippen molar-refractivity contribution in [1.82, 2.24) is 10.2 Å². The van der Waals surface area contributed by atoms with Crippen LogP contribution in [0.4, 0.5) is 0 Å². The van der Waals surface area contributed by atoms with Crippen molar-refractivity contribution in [2.45, 2.75) is 72.1 Å². The maximum Gasteiger partial charge on any atom is 0.332 e. The molecule has 2 atom stereocenters. The lowest BCUT2D eigenvalue weighted by molar-refractivity contribution is -0.160. The summed E-state index contributed by atoms with van der Waals surface area (Å²) in [7, 11) is 0. The number of rotatable bonds is 16. The fourth-order valence-corrected chi connectivity index (χ4v) is 3.59. The van der Waals surface area contributed by atoms with Crippen LogP contribution < -0.4 is 11.1 Å². The standard InChI is InChI=1S/C25H45N3O9/c1-24(2,3)21(23(32)28-9-7-8-18(28)22(26)31)27-19(29)16-35-14-12-33-10-11-34-13-15-36-17-20(30)37-25(4,5)6/h18,21H,7-17H2,1-6H3,(H2,26,31)(H,27,29)/t18-,21+/m0/s1. The Morgan fingerprint density at radius 3 is 1.86 bits per heavy atom. The molecule has 0 radical (unpaired) electrons. The largest absolute Gasteiger partial charge is 0.458 e. The number of amides is 3. The number of hydrogen-bond donors (Lipinski definition) is 2. The highest BCUT2D eigenvalue weighted by Crippen LogP contribution is 2.25. The maximum atomic E-state index is 13.1. The van der Waals surface area contributed by atoms with Gasteiger partial charge in [-0.1, -0.05) is 20.8 Å². The smallest absolute Gasteiger partial charge is 0.332 e. The van der Waals surface area contributed by atoms with Crippen LogP contribution in [0, 0.1) is 5.41 Å². The summed E-state index contributed by atoms with van der Waals surface area (Å²) in [5.41, 5.74) is 4.32. The zero-order valence-corrected chi connectivity index (χ0v) is 23.1. The summed E-state index contributed by atoms with van der Waals surface area (Å²) >= 11 is 0. The van der Waals surface area contributed by atoms with Gasteiger partial charge >= 0.3 is 5.97 Å². The molecule has 0 aromatic heterocycles. The fraction of sp³-hybridized carbons (Fsp3) is 0.840. The van der Waals surface area contributed by atoms with Crippen LogP contribution in [0.3, 0.4) is 0 Å². The van der Waals surface area contributed by atoms with Crippen molar-refractivity contribution in [1.29, 1.82) is 0 Å². The summed E-state index contributed by atoms with van der Waals surface area (Å²) in [6.07, 6.45) is 1.22. The van der Waals surface area contributed by atoms with Crippen LogP contribution in [0.25, 0.3) is 0 Å². The van der Waals surface area contributed by atoms with E-state index in [2.05, 4.69) is 5.32 Å². The van der Waals surface area contributed by atoms with Gasteiger partial charge < -0.3 is 39.6 Å². The van der Waals surface area contributed by atoms with Crippen molar-refractivity contribution in [3.8, 4) is 0 Å². The zero-order chi connectivity index (χ0) is 28.1. The first-order valence-electron chi connectivity index (χ1n) is 12.6.